The Bertz CT molecular complexity index is 371. The summed E-state index contributed by atoms with van der Waals surface area (Å²) in [7, 11) is 0. The first kappa shape index (κ1) is 14.7. The number of nitrogens with one attached hydrogen (secondary N) is 1. The summed E-state index contributed by atoms with van der Waals surface area (Å²) in [4.78, 5) is 12.0. The Hall–Kier alpha value is -1.31. The topological polar surface area (TPSA) is 29.1 Å². The van der Waals surface area contributed by atoms with Crippen molar-refractivity contribution in [1.82, 2.24) is 5.32 Å². The number of carbonyl (C=O) groups excluding carboxylic acids is 1. The van der Waals surface area contributed by atoms with Crippen molar-refractivity contribution in [3.63, 3.8) is 0 Å². The standard InChI is InChI=1S/C16H25NO/c1-11(2)16(12(3)4)17-15(18)10-14-8-6-13(5)7-9-14/h6-9,11-12,16H,10H2,1-5H3,(H,17,18). The highest BCUT2D eigenvalue weighted by Crippen LogP contribution is 2.12. The largest absolute Gasteiger partial charge is 0.353 e. The van der Waals surface area contributed by atoms with Gasteiger partial charge in [0.25, 0.3) is 0 Å². The van der Waals surface area contributed by atoms with E-state index in [0.717, 1.165) is 5.56 Å². The van der Waals surface area contributed by atoms with Gasteiger partial charge in [-0.05, 0) is 24.3 Å². The van der Waals surface area contributed by atoms with Crippen LogP contribution in [0.25, 0.3) is 0 Å². The second-order valence-corrected chi connectivity index (χ2v) is 5.74. The Morgan fingerprint density at radius 1 is 1.06 bits per heavy atom. The minimum atomic E-state index is 0.117. The van der Waals surface area contributed by atoms with Crippen molar-refractivity contribution < 1.29 is 4.79 Å². The smallest absolute Gasteiger partial charge is 0.224 e. The fourth-order valence-corrected chi connectivity index (χ4v) is 2.23. The van der Waals surface area contributed by atoms with Gasteiger partial charge >= 0.3 is 0 Å². The highest BCUT2D eigenvalue weighted by Gasteiger charge is 2.19. The molecule has 0 fully saturated rings. The van der Waals surface area contributed by atoms with Gasteiger partial charge in [0.05, 0.1) is 6.42 Å². The van der Waals surface area contributed by atoms with Crippen molar-refractivity contribution in [2.45, 2.75) is 47.1 Å². The minimum Gasteiger partial charge on any atom is -0.353 e. The second kappa shape index (κ2) is 6.58. The van der Waals surface area contributed by atoms with E-state index >= 15 is 0 Å². The summed E-state index contributed by atoms with van der Waals surface area (Å²) in [6, 6.07) is 8.39. The first-order chi connectivity index (χ1) is 8.40. The lowest BCUT2D eigenvalue weighted by molar-refractivity contribution is -0.121. The van der Waals surface area contributed by atoms with Crippen LogP contribution in [-0.4, -0.2) is 11.9 Å². The quantitative estimate of drug-likeness (QED) is 0.849. The summed E-state index contributed by atoms with van der Waals surface area (Å²) in [5, 5.41) is 3.14. The van der Waals surface area contributed by atoms with E-state index in [-0.39, 0.29) is 11.9 Å². The molecule has 0 unspecified atom stereocenters. The summed E-state index contributed by atoms with van der Waals surface area (Å²) in [5.41, 5.74) is 2.30. The zero-order valence-electron chi connectivity index (χ0n) is 12.2. The molecule has 0 atom stereocenters. The van der Waals surface area contributed by atoms with Gasteiger partial charge in [-0.1, -0.05) is 57.5 Å². The maximum Gasteiger partial charge on any atom is 0.224 e. The third-order valence-corrected chi connectivity index (χ3v) is 3.25. The Labute approximate surface area is 111 Å². The van der Waals surface area contributed by atoms with Gasteiger partial charge in [0.1, 0.15) is 0 Å². The van der Waals surface area contributed by atoms with Crippen LogP contribution in [0.15, 0.2) is 24.3 Å². The van der Waals surface area contributed by atoms with E-state index in [0.29, 0.717) is 18.3 Å². The third-order valence-electron chi connectivity index (χ3n) is 3.25. The number of aryl methyl sites for hydroxylation is 1. The fraction of sp³-hybridized carbons (Fsp3) is 0.562. The van der Waals surface area contributed by atoms with Crippen LogP contribution in [0.4, 0.5) is 0 Å². The molecular formula is C16H25NO. The summed E-state index contributed by atoms with van der Waals surface area (Å²) in [6.45, 7) is 10.7. The van der Waals surface area contributed by atoms with Gasteiger partial charge in [0.2, 0.25) is 5.91 Å². The molecule has 2 nitrogen and oxygen atoms in total. The number of hydrogen-bond donors (Lipinski definition) is 1. The Kier molecular flexibility index (Phi) is 5.39. The van der Waals surface area contributed by atoms with E-state index in [1.54, 1.807) is 0 Å². The molecule has 0 aromatic heterocycles. The molecular weight excluding hydrogens is 222 g/mol. The van der Waals surface area contributed by atoms with Gasteiger partial charge in [-0.3, -0.25) is 4.79 Å². The Balaban J connectivity index is 2.58. The van der Waals surface area contributed by atoms with Crippen molar-refractivity contribution in [3.05, 3.63) is 35.4 Å². The van der Waals surface area contributed by atoms with E-state index in [4.69, 9.17) is 0 Å². The molecule has 0 aliphatic heterocycles. The molecule has 0 aliphatic carbocycles. The van der Waals surface area contributed by atoms with Gasteiger partial charge in [-0.25, -0.2) is 0 Å². The van der Waals surface area contributed by atoms with Crippen LogP contribution in [0.5, 0.6) is 0 Å². The normalized spacial score (nSPS) is 11.3. The van der Waals surface area contributed by atoms with Gasteiger partial charge in [0, 0.05) is 6.04 Å². The lowest BCUT2D eigenvalue weighted by Crippen LogP contribution is -2.42. The van der Waals surface area contributed by atoms with E-state index < -0.39 is 0 Å². The predicted molar refractivity (Wildman–Crippen MR) is 76.5 cm³/mol. The minimum absolute atomic E-state index is 0.117. The first-order valence-electron chi connectivity index (χ1n) is 6.75. The van der Waals surface area contributed by atoms with Crippen LogP contribution in [0.3, 0.4) is 0 Å². The zero-order chi connectivity index (χ0) is 13.7. The summed E-state index contributed by atoms with van der Waals surface area (Å²) in [6.07, 6.45) is 0.468. The number of hydrogen-bond acceptors (Lipinski definition) is 1. The van der Waals surface area contributed by atoms with Crippen LogP contribution < -0.4 is 5.32 Å². The fourth-order valence-electron chi connectivity index (χ4n) is 2.23. The predicted octanol–water partition coefficient (Wildman–Crippen LogP) is 3.33. The Morgan fingerprint density at radius 2 is 1.56 bits per heavy atom. The van der Waals surface area contributed by atoms with Gasteiger partial charge < -0.3 is 5.32 Å². The van der Waals surface area contributed by atoms with Crippen molar-refractivity contribution in [3.8, 4) is 0 Å². The molecule has 1 aromatic rings. The van der Waals surface area contributed by atoms with E-state index in [1.807, 2.05) is 24.3 Å². The third kappa shape index (κ3) is 4.52. The molecule has 0 saturated carbocycles. The van der Waals surface area contributed by atoms with E-state index in [2.05, 4.69) is 39.9 Å². The molecule has 0 aliphatic rings. The molecule has 0 heterocycles. The number of rotatable bonds is 5. The number of benzene rings is 1. The average molecular weight is 247 g/mol. The molecule has 0 radical (unpaired) electrons. The van der Waals surface area contributed by atoms with Gasteiger partial charge in [0.15, 0.2) is 0 Å². The van der Waals surface area contributed by atoms with Crippen LogP contribution in [0.1, 0.15) is 38.8 Å². The molecule has 1 aromatic carbocycles. The molecule has 18 heavy (non-hydrogen) atoms. The SMILES string of the molecule is Cc1ccc(CC(=O)NC(C(C)C)C(C)C)cc1. The highest BCUT2D eigenvalue weighted by atomic mass is 16.1. The highest BCUT2D eigenvalue weighted by molar-refractivity contribution is 5.78. The maximum absolute atomic E-state index is 12.0. The zero-order valence-corrected chi connectivity index (χ0v) is 12.2. The molecule has 0 spiro atoms. The molecule has 1 amide bonds. The molecule has 1 rings (SSSR count). The summed E-state index contributed by atoms with van der Waals surface area (Å²) >= 11 is 0. The first-order valence-corrected chi connectivity index (χ1v) is 6.75. The second-order valence-electron chi connectivity index (χ2n) is 5.74. The van der Waals surface area contributed by atoms with Crippen molar-refractivity contribution >= 4 is 5.91 Å². The van der Waals surface area contributed by atoms with Gasteiger partial charge in [-0.2, -0.15) is 0 Å². The van der Waals surface area contributed by atoms with E-state index in [1.165, 1.54) is 5.56 Å². The number of carbonyl (C=O) groups is 1. The van der Waals surface area contributed by atoms with Crippen LogP contribution in [0.2, 0.25) is 0 Å². The lowest BCUT2D eigenvalue weighted by Gasteiger charge is -2.26. The van der Waals surface area contributed by atoms with E-state index in [9.17, 15) is 4.79 Å². The molecule has 100 valence electrons. The molecule has 1 N–H and O–H groups in total. The van der Waals surface area contributed by atoms with Crippen molar-refractivity contribution in [2.75, 3.05) is 0 Å². The maximum atomic E-state index is 12.0. The molecule has 2 heteroatoms. The van der Waals surface area contributed by atoms with Crippen molar-refractivity contribution in [2.24, 2.45) is 11.8 Å². The summed E-state index contributed by atoms with van der Waals surface area (Å²) in [5.74, 6) is 1.05. The molecule has 0 bridgehead atoms. The van der Waals surface area contributed by atoms with Crippen molar-refractivity contribution in [1.29, 1.82) is 0 Å². The lowest BCUT2D eigenvalue weighted by atomic mass is 9.93. The van der Waals surface area contributed by atoms with Crippen LogP contribution in [0, 0.1) is 18.8 Å². The van der Waals surface area contributed by atoms with Crippen LogP contribution >= 0.6 is 0 Å². The summed E-state index contributed by atoms with van der Waals surface area (Å²) < 4.78 is 0. The molecule has 0 saturated heterocycles. The monoisotopic (exact) mass is 247 g/mol. The van der Waals surface area contributed by atoms with Gasteiger partial charge in [-0.15, -0.1) is 0 Å². The number of amides is 1. The van der Waals surface area contributed by atoms with Crippen LogP contribution in [-0.2, 0) is 11.2 Å². The average Bonchev–Trinajstić information content (AvgIpc) is 2.28. The Morgan fingerprint density at radius 3 is 2.00 bits per heavy atom.